The summed E-state index contributed by atoms with van der Waals surface area (Å²) in [7, 11) is 1.73. The molecular formula is C26H28N2O3. The van der Waals surface area contributed by atoms with Gasteiger partial charge in [0.05, 0.1) is 6.61 Å². The first-order valence-electron chi connectivity index (χ1n) is 10.4. The van der Waals surface area contributed by atoms with Crippen molar-refractivity contribution >= 4 is 23.2 Å². The lowest BCUT2D eigenvalue weighted by Gasteiger charge is -2.17. The van der Waals surface area contributed by atoms with E-state index >= 15 is 0 Å². The highest BCUT2D eigenvalue weighted by Crippen LogP contribution is 2.19. The van der Waals surface area contributed by atoms with Gasteiger partial charge in [0.25, 0.3) is 11.8 Å². The molecule has 0 saturated carbocycles. The molecule has 160 valence electrons. The maximum Gasteiger partial charge on any atom is 0.258 e. The van der Waals surface area contributed by atoms with Crippen LogP contribution in [0.2, 0.25) is 0 Å². The smallest absolute Gasteiger partial charge is 0.258 e. The van der Waals surface area contributed by atoms with Gasteiger partial charge in [0, 0.05) is 29.5 Å². The fourth-order valence-corrected chi connectivity index (χ4v) is 3.01. The third kappa shape index (κ3) is 6.19. The number of carbonyl (C=O) groups excluding carboxylic acids is 2. The maximum absolute atomic E-state index is 12.8. The van der Waals surface area contributed by atoms with Crippen LogP contribution in [-0.2, 0) is 0 Å². The largest absolute Gasteiger partial charge is 0.494 e. The number of rotatable bonds is 8. The standard InChI is InChI=1S/C26H28N2O3/c1-19(2)16-17-31-24-14-12-20(13-15-24)25(29)27-22-9-7-8-21(18-22)26(30)28(3)23-10-5-4-6-11-23/h4-15,18-19H,16-17H2,1-3H3,(H,27,29). The van der Waals surface area contributed by atoms with Crippen molar-refractivity contribution in [2.45, 2.75) is 20.3 Å². The van der Waals surface area contributed by atoms with Gasteiger partial charge in [-0.3, -0.25) is 9.59 Å². The van der Waals surface area contributed by atoms with E-state index in [4.69, 9.17) is 4.74 Å². The number of nitrogens with zero attached hydrogens (tertiary/aromatic N) is 1. The Morgan fingerprint density at radius 1 is 0.903 bits per heavy atom. The van der Waals surface area contributed by atoms with Crippen molar-refractivity contribution < 1.29 is 14.3 Å². The molecule has 3 rings (SSSR count). The average Bonchev–Trinajstić information content (AvgIpc) is 2.79. The normalized spacial score (nSPS) is 10.6. The van der Waals surface area contributed by atoms with Crippen molar-refractivity contribution in [3.63, 3.8) is 0 Å². The molecular weight excluding hydrogens is 388 g/mol. The molecule has 0 aliphatic rings. The SMILES string of the molecule is CC(C)CCOc1ccc(C(=O)Nc2cccc(C(=O)N(C)c3ccccc3)c2)cc1. The van der Waals surface area contributed by atoms with Gasteiger partial charge in [-0.1, -0.05) is 38.1 Å². The Hall–Kier alpha value is -3.60. The molecule has 0 fully saturated rings. The van der Waals surface area contributed by atoms with Crippen LogP contribution in [0.5, 0.6) is 5.75 Å². The first-order valence-corrected chi connectivity index (χ1v) is 10.4. The summed E-state index contributed by atoms with van der Waals surface area (Å²) in [5.74, 6) is 0.939. The molecule has 0 aromatic heterocycles. The summed E-state index contributed by atoms with van der Waals surface area (Å²) < 4.78 is 5.70. The number of hydrogen-bond donors (Lipinski definition) is 1. The number of hydrogen-bond acceptors (Lipinski definition) is 3. The minimum Gasteiger partial charge on any atom is -0.494 e. The van der Waals surface area contributed by atoms with Crippen LogP contribution in [-0.4, -0.2) is 25.5 Å². The summed E-state index contributed by atoms with van der Waals surface area (Å²) in [6.45, 7) is 4.96. The molecule has 0 saturated heterocycles. The number of carbonyl (C=O) groups is 2. The van der Waals surface area contributed by atoms with Gasteiger partial charge in [-0.2, -0.15) is 0 Å². The van der Waals surface area contributed by atoms with Crippen LogP contribution in [0.1, 0.15) is 41.0 Å². The average molecular weight is 417 g/mol. The summed E-state index contributed by atoms with van der Waals surface area (Å²) in [4.78, 5) is 27.0. The fraction of sp³-hybridized carbons (Fsp3) is 0.231. The molecule has 3 aromatic rings. The summed E-state index contributed by atoms with van der Waals surface area (Å²) in [6, 6.07) is 23.4. The van der Waals surface area contributed by atoms with Crippen LogP contribution in [0.3, 0.4) is 0 Å². The van der Waals surface area contributed by atoms with Crippen molar-refractivity contribution in [2.24, 2.45) is 5.92 Å². The van der Waals surface area contributed by atoms with E-state index in [1.165, 1.54) is 0 Å². The Balaban J connectivity index is 1.64. The van der Waals surface area contributed by atoms with Gasteiger partial charge in [-0.25, -0.2) is 0 Å². The second-order valence-electron chi connectivity index (χ2n) is 7.79. The predicted octanol–water partition coefficient (Wildman–Crippen LogP) is 5.64. The van der Waals surface area contributed by atoms with Crippen molar-refractivity contribution in [2.75, 3.05) is 23.9 Å². The Bertz CT molecular complexity index is 1010. The van der Waals surface area contributed by atoms with E-state index < -0.39 is 0 Å². The van der Waals surface area contributed by atoms with Crippen LogP contribution in [0, 0.1) is 5.92 Å². The van der Waals surface area contributed by atoms with Crippen molar-refractivity contribution in [3.8, 4) is 5.75 Å². The first kappa shape index (κ1) is 22.1. The lowest BCUT2D eigenvalue weighted by atomic mass is 10.1. The molecule has 5 nitrogen and oxygen atoms in total. The van der Waals surface area contributed by atoms with Crippen LogP contribution in [0.4, 0.5) is 11.4 Å². The summed E-state index contributed by atoms with van der Waals surface area (Å²) in [5, 5.41) is 2.86. The van der Waals surface area contributed by atoms with Crippen molar-refractivity contribution in [1.82, 2.24) is 0 Å². The van der Waals surface area contributed by atoms with Crippen LogP contribution in [0.25, 0.3) is 0 Å². The number of nitrogens with one attached hydrogen (secondary N) is 1. The molecule has 1 N–H and O–H groups in total. The molecule has 0 radical (unpaired) electrons. The lowest BCUT2D eigenvalue weighted by Crippen LogP contribution is -2.26. The quantitative estimate of drug-likeness (QED) is 0.517. The third-order valence-electron chi connectivity index (χ3n) is 4.90. The van der Waals surface area contributed by atoms with E-state index in [2.05, 4.69) is 19.2 Å². The molecule has 0 heterocycles. The Kier molecular flexibility index (Phi) is 7.44. The highest BCUT2D eigenvalue weighted by molar-refractivity contribution is 6.08. The lowest BCUT2D eigenvalue weighted by molar-refractivity contribution is 0.0990. The van der Waals surface area contributed by atoms with Crippen molar-refractivity contribution in [3.05, 3.63) is 90.0 Å². The molecule has 2 amide bonds. The molecule has 0 aliphatic heterocycles. The molecule has 31 heavy (non-hydrogen) atoms. The summed E-state index contributed by atoms with van der Waals surface area (Å²) in [5.41, 5.74) is 2.39. The number of ether oxygens (including phenoxy) is 1. The molecule has 0 aliphatic carbocycles. The van der Waals surface area contributed by atoms with Gasteiger partial charge in [0.15, 0.2) is 0 Å². The Labute approximate surface area is 183 Å². The van der Waals surface area contributed by atoms with Gasteiger partial charge in [0.1, 0.15) is 5.75 Å². The summed E-state index contributed by atoms with van der Waals surface area (Å²) >= 11 is 0. The van der Waals surface area contributed by atoms with Crippen LogP contribution in [0.15, 0.2) is 78.9 Å². The van der Waals surface area contributed by atoms with E-state index in [1.54, 1.807) is 60.5 Å². The Morgan fingerprint density at radius 2 is 1.61 bits per heavy atom. The van der Waals surface area contributed by atoms with Gasteiger partial charge >= 0.3 is 0 Å². The number of benzene rings is 3. The van der Waals surface area contributed by atoms with Gasteiger partial charge < -0.3 is 15.0 Å². The number of para-hydroxylation sites is 1. The Morgan fingerprint density at radius 3 is 2.29 bits per heavy atom. The second-order valence-corrected chi connectivity index (χ2v) is 7.79. The topological polar surface area (TPSA) is 58.6 Å². The molecule has 0 unspecified atom stereocenters. The summed E-state index contributed by atoms with van der Waals surface area (Å²) in [6.07, 6.45) is 0.983. The van der Waals surface area contributed by atoms with Gasteiger partial charge in [-0.15, -0.1) is 0 Å². The van der Waals surface area contributed by atoms with Crippen LogP contribution >= 0.6 is 0 Å². The van der Waals surface area contributed by atoms with E-state index in [9.17, 15) is 9.59 Å². The number of anilines is 2. The minimum absolute atomic E-state index is 0.148. The monoisotopic (exact) mass is 416 g/mol. The van der Waals surface area contributed by atoms with Crippen LogP contribution < -0.4 is 15.0 Å². The van der Waals surface area contributed by atoms with E-state index in [0.29, 0.717) is 29.3 Å². The second kappa shape index (κ2) is 10.4. The zero-order valence-corrected chi connectivity index (χ0v) is 18.2. The fourth-order valence-electron chi connectivity index (χ4n) is 3.01. The molecule has 0 bridgehead atoms. The highest BCUT2D eigenvalue weighted by Gasteiger charge is 2.14. The highest BCUT2D eigenvalue weighted by atomic mass is 16.5. The zero-order valence-electron chi connectivity index (χ0n) is 18.2. The van der Waals surface area contributed by atoms with Gasteiger partial charge in [0.2, 0.25) is 0 Å². The molecule has 5 heteroatoms. The third-order valence-corrected chi connectivity index (χ3v) is 4.90. The van der Waals surface area contributed by atoms with Gasteiger partial charge in [-0.05, 0) is 66.9 Å². The molecule has 0 spiro atoms. The molecule has 3 aromatic carbocycles. The first-order chi connectivity index (χ1) is 14.9. The number of amides is 2. The van der Waals surface area contributed by atoms with E-state index in [1.807, 2.05) is 30.3 Å². The predicted molar refractivity (Wildman–Crippen MR) is 125 cm³/mol. The van der Waals surface area contributed by atoms with E-state index in [-0.39, 0.29) is 11.8 Å². The minimum atomic E-state index is -0.241. The maximum atomic E-state index is 12.8. The molecule has 0 atom stereocenters. The zero-order chi connectivity index (χ0) is 22.2. The van der Waals surface area contributed by atoms with Crippen molar-refractivity contribution in [1.29, 1.82) is 0 Å². The van der Waals surface area contributed by atoms with E-state index in [0.717, 1.165) is 17.9 Å².